The third-order valence-electron chi connectivity index (χ3n) is 9.62. The molecule has 9 atom stereocenters. The van der Waals surface area contributed by atoms with Gasteiger partial charge in [0.1, 0.15) is 11.5 Å². The highest BCUT2D eigenvalue weighted by Gasteiger charge is 2.89. The molecule has 2 N–H and O–H groups in total. The second kappa shape index (κ2) is 4.99. The number of hydrogen-bond acceptors (Lipinski definition) is 6. The fraction of sp³-hybridized carbons (Fsp3) is 0.870. The van der Waals surface area contributed by atoms with Crippen LogP contribution in [0, 0.1) is 34.0 Å². The molecule has 4 saturated carbocycles. The van der Waals surface area contributed by atoms with Crippen LogP contribution in [0.5, 0.6) is 0 Å². The van der Waals surface area contributed by atoms with E-state index < -0.39 is 40.7 Å². The van der Waals surface area contributed by atoms with Crippen LogP contribution in [0.3, 0.4) is 0 Å². The number of carbonyl (C=O) groups is 1. The van der Waals surface area contributed by atoms with Crippen LogP contribution in [0.4, 0.5) is 0 Å². The number of ether oxygens (including phenoxy) is 3. The first-order chi connectivity index (χ1) is 13.5. The molecule has 2 unspecified atom stereocenters. The van der Waals surface area contributed by atoms with E-state index in [1.807, 2.05) is 13.8 Å². The second-order valence-electron chi connectivity index (χ2n) is 11.5. The average molecular weight is 405 g/mol. The van der Waals surface area contributed by atoms with Crippen LogP contribution in [-0.2, 0) is 19.0 Å². The lowest BCUT2D eigenvalue weighted by molar-refractivity contribution is -0.534. The minimum absolute atomic E-state index is 0.0855. The molecule has 0 aromatic rings. The molecule has 3 heterocycles. The first kappa shape index (κ1) is 18.9. The fourth-order valence-corrected chi connectivity index (χ4v) is 8.88. The molecule has 0 radical (unpaired) electrons. The van der Waals surface area contributed by atoms with Gasteiger partial charge in [-0.05, 0) is 56.4 Å². The van der Waals surface area contributed by atoms with Gasteiger partial charge in [-0.2, -0.15) is 0 Å². The number of carbonyl (C=O) groups excluding carboxylic acids is 1. The van der Waals surface area contributed by atoms with Gasteiger partial charge in [0.2, 0.25) is 5.79 Å². The molecule has 3 aliphatic heterocycles. The Bertz CT molecular complexity index is 833. The van der Waals surface area contributed by atoms with Crippen molar-refractivity contribution in [1.29, 1.82) is 0 Å². The Morgan fingerprint density at radius 2 is 1.83 bits per heavy atom. The Labute approximate surface area is 171 Å². The summed E-state index contributed by atoms with van der Waals surface area (Å²) in [5.41, 5.74) is -1.45. The van der Waals surface area contributed by atoms with Crippen LogP contribution in [0.15, 0.2) is 12.2 Å². The van der Waals surface area contributed by atoms with E-state index >= 15 is 0 Å². The van der Waals surface area contributed by atoms with E-state index in [0.29, 0.717) is 18.6 Å². The summed E-state index contributed by atoms with van der Waals surface area (Å²) in [6.07, 6.45) is 0.996. The van der Waals surface area contributed by atoms with Gasteiger partial charge in [0.15, 0.2) is 11.6 Å². The first-order valence-corrected chi connectivity index (χ1v) is 11.1. The predicted molar refractivity (Wildman–Crippen MR) is 102 cm³/mol. The number of ketones is 1. The average Bonchev–Trinajstić information content (AvgIpc) is 2.75. The summed E-state index contributed by atoms with van der Waals surface area (Å²) >= 11 is 0. The summed E-state index contributed by atoms with van der Waals surface area (Å²) < 4.78 is 19.3. The van der Waals surface area contributed by atoms with Crippen molar-refractivity contribution in [2.75, 3.05) is 6.61 Å². The Hall–Kier alpha value is -0.790. The van der Waals surface area contributed by atoms with Gasteiger partial charge in [-0.25, -0.2) is 0 Å². The van der Waals surface area contributed by atoms with Gasteiger partial charge in [-0.1, -0.05) is 20.4 Å². The zero-order chi connectivity index (χ0) is 20.8. The molecule has 4 aliphatic carbocycles. The lowest BCUT2D eigenvalue weighted by Crippen LogP contribution is -2.88. The summed E-state index contributed by atoms with van der Waals surface area (Å²) in [5.74, 6) is -2.99. The maximum Gasteiger partial charge on any atom is 0.213 e. The van der Waals surface area contributed by atoms with E-state index in [0.717, 1.165) is 19.3 Å². The van der Waals surface area contributed by atoms with Crippen molar-refractivity contribution in [3.63, 3.8) is 0 Å². The summed E-state index contributed by atoms with van der Waals surface area (Å²) in [6, 6.07) is 0. The van der Waals surface area contributed by atoms with Crippen molar-refractivity contribution >= 4 is 5.78 Å². The van der Waals surface area contributed by atoms with Gasteiger partial charge in [-0.15, -0.1) is 0 Å². The maximum atomic E-state index is 13.9. The van der Waals surface area contributed by atoms with Crippen LogP contribution < -0.4 is 0 Å². The zero-order valence-electron chi connectivity index (χ0n) is 17.7. The molecule has 4 bridgehead atoms. The van der Waals surface area contributed by atoms with E-state index in [4.69, 9.17) is 14.2 Å². The van der Waals surface area contributed by atoms with Crippen molar-refractivity contribution in [3.05, 3.63) is 12.2 Å². The maximum absolute atomic E-state index is 13.9. The normalized spacial score (nSPS) is 58.7. The number of aliphatic hydroxyl groups excluding tert-OH is 2. The van der Waals surface area contributed by atoms with Crippen molar-refractivity contribution in [1.82, 2.24) is 0 Å². The molecule has 7 aliphatic rings. The quantitative estimate of drug-likeness (QED) is 0.602. The monoisotopic (exact) mass is 404 g/mol. The molecule has 29 heavy (non-hydrogen) atoms. The molecular formula is C23H32O6. The minimum atomic E-state index is -1.46. The molecule has 160 valence electrons. The van der Waals surface area contributed by atoms with Crippen LogP contribution in [0.2, 0.25) is 0 Å². The molecule has 0 amide bonds. The smallest absolute Gasteiger partial charge is 0.213 e. The van der Waals surface area contributed by atoms with Gasteiger partial charge < -0.3 is 24.4 Å². The summed E-state index contributed by atoms with van der Waals surface area (Å²) in [7, 11) is 0. The van der Waals surface area contributed by atoms with Crippen molar-refractivity contribution < 1.29 is 29.2 Å². The SMILES string of the molecule is C=C1C(=O)[C@@]23C4CC[C@@H]1[C@H]2OC(C)(C)O[C@]31OC[C@@]42C([C@@H]1O)C(C)(C)CC[C@@H]2O. The number of hydrogen-bond donors (Lipinski definition) is 2. The lowest BCUT2D eigenvalue weighted by atomic mass is 9.35. The third-order valence-corrected chi connectivity index (χ3v) is 9.62. The highest BCUT2D eigenvalue weighted by atomic mass is 16.8. The molecule has 3 saturated heterocycles. The number of aliphatic hydroxyl groups is 2. The molecule has 3 spiro atoms. The molecule has 7 fully saturated rings. The van der Waals surface area contributed by atoms with Crippen LogP contribution in [-0.4, -0.2) is 52.5 Å². The van der Waals surface area contributed by atoms with E-state index in [9.17, 15) is 15.0 Å². The summed E-state index contributed by atoms with van der Waals surface area (Å²) in [6.45, 7) is 12.4. The molecular weight excluding hydrogens is 372 g/mol. The van der Waals surface area contributed by atoms with Gasteiger partial charge in [-0.3, -0.25) is 4.79 Å². The largest absolute Gasteiger partial charge is 0.392 e. The molecule has 7 rings (SSSR count). The minimum Gasteiger partial charge on any atom is -0.392 e. The Balaban J connectivity index is 1.68. The Kier molecular flexibility index (Phi) is 3.26. The fourth-order valence-electron chi connectivity index (χ4n) is 8.88. The van der Waals surface area contributed by atoms with Crippen molar-refractivity contribution in [2.24, 2.45) is 34.0 Å². The van der Waals surface area contributed by atoms with E-state index in [-0.39, 0.29) is 29.0 Å². The van der Waals surface area contributed by atoms with Gasteiger partial charge in [0.05, 0.1) is 18.8 Å². The Morgan fingerprint density at radius 1 is 1.10 bits per heavy atom. The molecule has 0 aromatic heterocycles. The number of rotatable bonds is 0. The number of fused-ring (bicyclic) bond motifs is 1. The van der Waals surface area contributed by atoms with E-state index in [2.05, 4.69) is 20.4 Å². The van der Waals surface area contributed by atoms with Gasteiger partial charge in [0.25, 0.3) is 0 Å². The van der Waals surface area contributed by atoms with Crippen LogP contribution in [0.1, 0.15) is 53.4 Å². The highest BCUT2D eigenvalue weighted by Crippen LogP contribution is 2.79. The van der Waals surface area contributed by atoms with E-state index in [1.165, 1.54) is 0 Å². The third kappa shape index (κ3) is 1.69. The van der Waals surface area contributed by atoms with Crippen LogP contribution in [0.25, 0.3) is 0 Å². The second-order valence-corrected chi connectivity index (χ2v) is 11.5. The summed E-state index contributed by atoms with van der Waals surface area (Å²) in [4.78, 5) is 13.9. The predicted octanol–water partition coefficient (Wildman–Crippen LogP) is 2.17. The Morgan fingerprint density at radius 3 is 2.55 bits per heavy atom. The van der Waals surface area contributed by atoms with Crippen molar-refractivity contribution in [2.45, 2.75) is 83.3 Å². The summed E-state index contributed by atoms with van der Waals surface area (Å²) in [5, 5.41) is 23.3. The molecule has 0 aromatic carbocycles. The van der Waals surface area contributed by atoms with E-state index in [1.54, 1.807) is 0 Å². The highest BCUT2D eigenvalue weighted by molar-refractivity contribution is 6.05. The first-order valence-electron chi connectivity index (χ1n) is 11.1. The standard InChI is InChI=1S/C23H32O6/c1-11-12-6-7-13-21-10-27-23(17(26)15(21)19(2,3)9-8-14(21)24)22(13,16(11)25)18(12)28-20(4,5)29-23/h12-15,17-18,24,26H,1,6-10H2,2-5H3/t12-,13?,14-,15?,17-,18+,21+,22-,23-/m0/s1. The lowest BCUT2D eigenvalue weighted by Gasteiger charge is -2.77. The molecule has 6 heteroatoms. The zero-order valence-corrected chi connectivity index (χ0v) is 17.7. The van der Waals surface area contributed by atoms with Crippen molar-refractivity contribution in [3.8, 4) is 0 Å². The van der Waals surface area contributed by atoms with Crippen LogP contribution >= 0.6 is 0 Å². The molecule has 6 nitrogen and oxygen atoms in total. The number of Topliss-reactive ketones (excluding diaryl/α,β-unsaturated/α-hetero) is 1. The van der Waals surface area contributed by atoms with Gasteiger partial charge in [0, 0.05) is 17.3 Å². The van der Waals surface area contributed by atoms with Gasteiger partial charge >= 0.3 is 0 Å². The topological polar surface area (TPSA) is 85.2 Å².